The molecule has 1 rings (SSSR count). The highest BCUT2D eigenvalue weighted by atomic mass is 16.5. The van der Waals surface area contributed by atoms with Gasteiger partial charge in [0.05, 0.1) is 26.9 Å². The van der Waals surface area contributed by atoms with E-state index in [9.17, 15) is 5.11 Å². The Morgan fingerprint density at radius 1 is 1.06 bits per heavy atom. The van der Waals surface area contributed by atoms with Gasteiger partial charge in [-0.2, -0.15) is 0 Å². The first-order chi connectivity index (χ1) is 8.06. The quantitative estimate of drug-likeness (QED) is 0.827. The van der Waals surface area contributed by atoms with E-state index in [1.165, 1.54) is 0 Å². The number of rotatable bonds is 6. The lowest BCUT2D eigenvalue weighted by Gasteiger charge is -2.15. The summed E-state index contributed by atoms with van der Waals surface area (Å²) >= 11 is 0. The predicted molar refractivity (Wildman–Crippen MR) is 65.6 cm³/mol. The van der Waals surface area contributed by atoms with Crippen molar-refractivity contribution in [2.45, 2.75) is 26.1 Å². The number of methoxy groups -OCH3 is 2. The monoisotopic (exact) mass is 240 g/mol. The van der Waals surface area contributed by atoms with E-state index in [0.717, 1.165) is 5.56 Å². The molecule has 1 N–H and O–H groups in total. The Hall–Kier alpha value is -1.26. The SMILES string of the molecule is COc1cc(OC)cc(C(O)COC(C)C)c1. The molecule has 1 aromatic rings. The second-order valence-electron chi connectivity index (χ2n) is 4.04. The molecular formula is C13H20O4. The summed E-state index contributed by atoms with van der Waals surface area (Å²) in [5, 5.41) is 9.97. The molecular weight excluding hydrogens is 220 g/mol. The van der Waals surface area contributed by atoms with Gasteiger partial charge in [0, 0.05) is 6.07 Å². The van der Waals surface area contributed by atoms with Gasteiger partial charge in [0.25, 0.3) is 0 Å². The Morgan fingerprint density at radius 3 is 2.00 bits per heavy atom. The van der Waals surface area contributed by atoms with Crippen molar-refractivity contribution in [3.8, 4) is 11.5 Å². The second kappa shape index (κ2) is 6.47. The van der Waals surface area contributed by atoms with E-state index in [-0.39, 0.29) is 12.7 Å². The molecule has 0 fully saturated rings. The van der Waals surface area contributed by atoms with Crippen LogP contribution in [0.5, 0.6) is 11.5 Å². The maximum absolute atomic E-state index is 9.97. The zero-order chi connectivity index (χ0) is 12.8. The number of hydrogen-bond acceptors (Lipinski definition) is 4. The van der Waals surface area contributed by atoms with Crippen LogP contribution in [0, 0.1) is 0 Å². The molecule has 0 saturated carbocycles. The molecule has 96 valence electrons. The minimum atomic E-state index is -0.679. The molecule has 0 aliphatic carbocycles. The zero-order valence-electron chi connectivity index (χ0n) is 10.8. The van der Waals surface area contributed by atoms with Crippen LogP contribution in [0.15, 0.2) is 18.2 Å². The summed E-state index contributed by atoms with van der Waals surface area (Å²) in [6, 6.07) is 5.31. The van der Waals surface area contributed by atoms with E-state index in [1.807, 2.05) is 13.8 Å². The number of benzene rings is 1. The fourth-order valence-electron chi connectivity index (χ4n) is 1.40. The van der Waals surface area contributed by atoms with Crippen LogP contribution in [-0.2, 0) is 4.74 Å². The van der Waals surface area contributed by atoms with Crippen LogP contribution in [-0.4, -0.2) is 32.0 Å². The van der Waals surface area contributed by atoms with Gasteiger partial charge in [-0.05, 0) is 31.5 Å². The van der Waals surface area contributed by atoms with Gasteiger partial charge in [0.1, 0.15) is 17.6 Å². The number of aliphatic hydroxyl groups is 1. The van der Waals surface area contributed by atoms with Crippen molar-refractivity contribution < 1.29 is 19.3 Å². The zero-order valence-corrected chi connectivity index (χ0v) is 10.8. The van der Waals surface area contributed by atoms with E-state index in [0.29, 0.717) is 11.5 Å². The van der Waals surface area contributed by atoms with Crippen LogP contribution in [0.25, 0.3) is 0 Å². The van der Waals surface area contributed by atoms with E-state index in [4.69, 9.17) is 14.2 Å². The number of hydrogen-bond donors (Lipinski definition) is 1. The van der Waals surface area contributed by atoms with Crippen molar-refractivity contribution in [1.29, 1.82) is 0 Å². The first-order valence-electron chi connectivity index (χ1n) is 5.59. The average Bonchev–Trinajstić information content (AvgIpc) is 2.34. The Morgan fingerprint density at radius 2 is 1.59 bits per heavy atom. The molecule has 0 radical (unpaired) electrons. The molecule has 0 aliphatic rings. The van der Waals surface area contributed by atoms with Gasteiger partial charge >= 0.3 is 0 Å². The van der Waals surface area contributed by atoms with Crippen molar-refractivity contribution in [2.75, 3.05) is 20.8 Å². The normalized spacial score (nSPS) is 12.6. The highest BCUT2D eigenvalue weighted by molar-refractivity contribution is 5.39. The van der Waals surface area contributed by atoms with E-state index < -0.39 is 6.10 Å². The fraction of sp³-hybridized carbons (Fsp3) is 0.538. The fourth-order valence-corrected chi connectivity index (χ4v) is 1.40. The Bertz CT molecular complexity index is 327. The van der Waals surface area contributed by atoms with Crippen LogP contribution in [0.1, 0.15) is 25.5 Å². The summed E-state index contributed by atoms with van der Waals surface area (Å²) in [4.78, 5) is 0. The van der Waals surface area contributed by atoms with Crippen molar-refractivity contribution >= 4 is 0 Å². The van der Waals surface area contributed by atoms with Gasteiger partial charge in [0.2, 0.25) is 0 Å². The lowest BCUT2D eigenvalue weighted by atomic mass is 10.1. The standard InChI is InChI=1S/C13H20O4/c1-9(2)17-8-13(14)10-5-11(15-3)7-12(6-10)16-4/h5-7,9,13-14H,8H2,1-4H3. The summed E-state index contributed by atoms with van der Waals surface area (Å²) in [6.07, 6.45) is -0.585. The predicted octanol–water partition coefficient (Wildman–Crippen LogP) is 2.16. The maximum atomic E-state index is 9.97. The van der Waals surface area contributed by atoms with Crippen LogP contribution in [0.4, 0.5) is 0 Å². The summed E-state index contributed by atoms with van der Waals surface area (Å²) in [7, 11) is 3.16. The van der Waals surface area contributed by atoms with Crippen LogP contribution in [0.2, 0.25) is 0 Å². The number of ether oxygens (including phenoxy) is 3. The molecule has 0 spiro atoms. The van der Waals surface area contributed by atoms with Gasteiger partial charge in [-0.3, -0.25) is 0 Å². The molecule has 4 nitrogen and oxygen atoms in total. The summed E-state index contributed by atoms with van der Waals surface area (Å²) in [5.41, 5.74) is 0.724. The van der Waals surface area contributed by atoms with Crippen molar-refractivity contribution in [1.82, 2.24) is 0 Å². The molecule has 0 heterocycles. The smallest absolute Gasteiger partial charge is 0.122 e. The average molecular weight is 240 g/mol. The molecule has 17 heavy (non-hydrogen) atoms. The van der Waals surface area contributed by atoms with Gasteiger partial charge in [-0.25, -0.2) is 0 Å². The third kappa shape index (κ3) is 4.24. The molecule has 1 atom stereocenters. The largest absolute Gasteiger partial charge is 0.497 e. The Kier molecular flexibility index (Phi) is 5.25. The lowest BCUT2D eigenvalue weighted by Crippen LogP contribution is -2.12. The minimum absolute atomic E-state index is 0.0946. The summed E-state index contributed by atoms with van der Waals surface area (Å²) < 4.78 is 15.7. The van der Waals surface area contributed by atoms with Gasteiger partial charge in [0.15, 0.2) is 0 Å². The topological polar surface area (TPSA) is 47.9 Å². The van der Waals surface area contributed by atoms with E-state index >= 15 is 0 Å². The van der Waals surface area contributed by atoms with Gasteiger partial charge in [-0.15, -0.1) is 0 Å². The first kappa shape index (κ1) is 13.8. The van der Waals surface area contributed by atoms with Crippen molar-refractivity contribution in [2.24, 2.45) is 0 Å². The molecule has 0 aromatic heterocycles. The molecule has 1 aromatic carbocycles. The van der Waals surface area contributed by atoms with Crippen LogP contribution >= 0.6 is 0 Å². The molecule has 1 unspecified atom stereocenters. The first-order valence-corrected chi connectivity index (χ1v) is 5.59. The highest BCUT2D eigenvalue weighted by Crippen LogP contribution is 2.26. The molecule has 0 amide bonds. The van der Waals surface area contributed by atoms with Crippen molar-refractivity contribution in [3.63, 3.8) is 0 Å². The van der Waals surface area contributed by atoms with Crippen molar-refractivity contribution in [3.05, 3.63) is 23.8 Å². The second-order valence-corrected chi connectivity index (χ2v) is 4.04. The summed E-state index contributed by atoms with van der Waals surface area (Å²) in [6.45, 7) is 4.12. The molecule has 0 saturated heterocycles. The lowest BCUT2D eigenvalue weighted by molar-refractivity contribution is 0.00480. The minimum Gasteiger partial charge on any atom is -0.497 e. The Balaban J connectivity index is 2.80. The maximum Gasteiger partial charge on any atom is 0.122 e. The Labute approximate surface area is 102 Å². The van der Waals surface area contributed by atoms with E-state index in [2.05, 4.69) is 0 Å². The van der Waals surface area contributed by atoms with Gasteiger partial charge in [-0.1, -0.05) is 0 Å². The van der Waals surface area contributed by atoms with Gasteiger partial charge < -0.3 is 19.3 Å². The molecule has 0 bridgehead atoms. The number of aliphatic hydroxyl groups excluding tert-OH is 1. The molecule has 0 aliphatic heterocycles. The molecule has 4 heteroatoms. The van der Waals surface area contributed by atoms with Crippen LogP contribution in [0.3, 0.4) is 0 Å². The van der Waals surface area contributed by atoms with Crippen LogP contribution < -0.4 is 9.47 Å². The highest BCUT2D eigenvalue weighted by Gasteiger charge is 2.11. The summed E-state index contributed by atoms with van der Waals surface area (Å²) in [5.74, 6) is 1.31. The van der Waals surface area contributed by atoms with E-state index in [1.54, 1.807) is 32.4 Å². The third-order valence-corrected chi connectivity index (χ3v) is 2.35. The third-order valence-electron chi connectivity index (χ3n) is 2.35.